The van der Waals surface area contributed by atoms with E-state index in [4.69, 9.17) is 37.9 Å². The monoisotopic (exact) mass is 1090 g/mol. The minimum Gasteiger partial charge on any atom is -0.394 e. The van der Waals surface area contributed by atoms with Crippen molar-refractivity contribution in [2.45, 2.75) is 227 Å². The third-order valence-electron chi connectivity index (χ3n) is 19.4. The summed E-state index contributed by atoms with van der Waals surface area (Å²) in [7, 11) is 0. The first-order valence-electron chi connectivity index (χ1n) is 27.1. The van der Waals surface area contributed by atoms with Crippen molar-refractivity contribution in [1.29, 1.82) is 0 Å². The van der Waals surface area contributed by atoms with E-state index >= 15 is 0 Å². The van der Waals surface area contributed by atoms with Crippen LogP contribution in [0.25, 0.3) is 0 Å². The van der Waals surface area contributed by atoms with Crippen LogP contribution in [0.2, 0.25) is 0 Å². The summed E-state index contributed by atoms with van der Waals surface area (Å²) < 4.78 is 45.8. The lowest BCUT2D eigenvalue weighted by Crippen LogP contribution is -2.62. The highest BCUT2D eigenvalue weighted by atomic mass is 16.7. The van der Waals surface area contributed by atoms with Gasteiger partial charge in [-0.15, -0.1) is 0 Å². The predicted molar refractivity (Wildman–Crippen MR) is 258 cm³/mol. The number of ether oxygens (including phenoxy) is 8. The number of hydrogen-bond acceptors (Lipinski definition) is 24. The number of aliphatic hydroxyl groups is 16. The molecule has 0 amide bonds. The Hall–Kier alpha value is -1.48. The zero-order valence-corrected chi connectivity index (χ0v) is 43.9. The Morgan fingerprint density at radius 1 is 0.592 bits per heavy atom. The van der Waals surface area contributed by atoms with E-state index in [2.05, 4.69) is 26.8 Å². The van der Waals surface area contributed by atoms with Gasteiger partial charge >= 0.3 is 0 Å². The summed E-state index contributed by atoms with van der Waals surface area (Å²) in [6, 6.07) is 0. The summed E-state index contributed by atoms with van der Waals surface area (Å²) >= 11 is 0. The molecule has 0 unspecified atom stereocenters. The number of hydrogen-bond donors (Lipinski definition) is 16. The van der Waals surface area contributed by atoms with Gasteiger partial charge in [0, 0.05) is 11.8 Å². The van der Waals surface area contributed by atoms with Crippen LogP contribution in [0.1, 0.15) is 86.0 Å². The lowest BCUT2D eigenvalue weighted by Gasteiger charge is -2.60. The predicted octanol–water partition coefficient (Wildman–Crippen LogP) is -4.09. The molecule has 30 atom stereocenters. The van der Waals surface area contributed by atoms with Crippen molar-refractivity contribution in [2.24, 2.45) is 40.4 Å². The number of fused-ring (bicyclic) bond motifs is 5. The maximum Gasteiger partial charge on any atom is 0.187 e. The van der Waals surface area contributed by atoms with Crippen molar-refractivity contribution < 1.29 is 120 Å². The molecular formula is C52H86O24. The Labute approximate surface area is 442 Å². The highest BCUT2D eigenvalue weighted by Crippen LogP contribution is 2.67. The molecule has 0 aromatic heterocycles. The topological polar surface area (TPSA) is 398 Å². The number of aliphatic hydroxyl groups excluding tert-OH is 16. The fraction of sp³-hybridized carbons (Fsp3) is 0.923. The molecule has 4 aliphatic heterocycles. The molecule has 24 nitrogen and oxygen atoms in total. The average Bonchev–Trinajstić information content (AvgIpc) is 3.76. The van der Waals surface area contributed by atoms with Crippen molar-refractivity contribution >= 4 is 0 Å². The molecule has 76 heavy (non-hydrogen) atoms. The van der Waals surface area contributed by atoms with Crippen molar-refractivity contribution in [2.75, 3.05) is 33.0 Å². The molecule has 8 aliphatic rings. The molecule has 4 aliphatic carbocycles. The van der Waals surface area contributed by atoms with Crippen molar-refractivity contribution in [1.82, 2.24) is 0 Å². The Bertz CT molecular complexity index is 1980. The first-order valence-corrected chi connectivity index (χ1v) is 27.1. The van der Waals surface area contributed by atoms with E-state index in [1.54, 1.807) is 0 Å². The molecule has 16 N–H and O–H groups in total. The van der Waals surface area contributed by atoms with Gasteiger partial charge in [0.15, 0.2) is 25.2 Å². The molecular weight excluding hydrogens is 1010 g/mol. The molecule has 7 fully saturated rings. The average molecular weight is 1100 g/mol. The first-order chi connectivity index (χ1) is 35.9. The van der Waals surface area contributed by atoms with Crippen LogP contribution >= 0.6 is 0 Å². The van der Waals surface area contributed by atoms with Gasteiger partial charge in [0.2, 0.25) is 0 Å². The Balaban J connectivity index is 0.841. The normalized spacial score (nSPS) is 50.9. The summed E-state index contributed by atoms with van der Waals surface area (Å²) in [6.07, 6.45) is -25.4. The SMILES string of the molecule is C/C(CO[C@@H]1O[C@H](CO[C@@H]2O[C@H](CO)[C@@H](O)[C@H](O)[C@H]2O)[C@@H](O)[C@H](O)[C@H]1O)=C(/C)C[C@@H](O)[C@@H](C)[C@H]1CC[C@H]2[C@@H]3CC=C4C[C@@H](O[C@@H]5O[C@H](CO[C@@H]6O[C@H](CO)[C@@H](O)[C@H](O)[C@H]6O)[C@@H](O)[C@H](O)[C@H]5O)C[C@H](O)[C@]4(C)[C@H]3CC[C@]12C. The second-order valence-corrected chi connectivity index (χ2v) is 23.7. The van der Waals surface area contributed by atoms with Gasteiger partial charge in [0.25, 0.3) is 0 Å². The van der Waals surface area contributed by atoms with E-state index in [9.17, 15) is 81.7 Å². The van der Waals surface area contributed by atoms with E-state index in [1.165, 1.54) is 0 Å². The van der Waals surface area contributed by atoms with Crippen LogP contribution in [-0.4, -0.2) is 256 Å². The highest BCUT2D eigenvalue weighted by molar-refractivity contribution is 5.28. The van der Waals surface area contributed by atoms with Gasteiger partial charge in [0.1, 0.15) is 97.7 Å². The van der Waals surface area contributed by atoms with Crippen molar-refractivity contribution in [3.8, 4) is 0 Å². The third kappa shape index (κ3) is 11.5. The van der Waals surface area contributed by atoms with Crippen LogP contribution in [-0.2, 0) is 37.9 Å². The standard InChI is InChI=1S/C52H86O24/c1-20(21(2)17-69-47-45(67)41(63)37(59)32(75-47)18-70-48-43(65)39(61)35(57)30(15-53)73-48)12-29(55)22(3)26-8-9-27-25-7-6-23-13-24(14-34(56)52(23,5)28(25)10-11-51(26,27)4)72-50-46(68)42(64)38(60)33(76-50)19-71-49-44(66)40(62)36(58)31(16-54)74-49/h6,22,24-50,53-68H,7-19H2,1-5H3/b21-20+/t22-,24+,25-,26+,27-,28-,29+,30+,31+,32+,33+,34-,35+,36+,37+,38+,39-,40-,41-,42-,43+,44+,45+,46+,47+,48+,49+,50+,51+,52-/m0/s1. The third-order valence-corrected chi connectivity index (χ3v) is 19.4. The molecule has 3 saturated carbocycles. The summed E-state index contributed by atoms with van der Waals surface area (Å²) in [4.78, 5) is 0. The maximum absolute atomic E-state index is 12.1. The minimum atomic E-state index is -1.72. The molecule has 4 heterocycles. The van der Waals surface area contributed by atoms with Crippen LogP contribution < -0.4 is 0 Å². The summed E-state index contributed by atoms with van der Waals surface area (Å²) in [5, 5.41) is 169. The zero-order chi connectivity index (χ0) is 55.5. The quantitative estimate of drug-likeness (QED) is 0.0616. The van der Waals surface area contributed by atoms with Gasteiger partial charge in [-0.3, -0.25) is 0 Å². The molecule has 24 heteroatoms. The second kappa shape index (κ2) is 24.5. The van der Waals surface area contributed by atoms with Gasteiger partial charge in [-0.05, 0) is 99.4 Å². The van der Waals surface area contributed by atoms with Gasteiger partial charge in [-0.25, -0.2) is 0 Å². The molecule has 0 bridgehead atoms. The van der Waals surface area contributed by atoms with Crippen LogP contribution in [0, 0.1) is 40.4 Å². The molecule has 4 saturated heterocycles. The van der Waals surface area contributed by atoms with E-state index in [0.717, 1.165) is 48.8 Å². The molecule has 0 aromatic rings. The van der Waals surface area contributed by atoms with Gasteiger partial charge in [0.05, 0.1) is 51.3 Å². The molecule has 0 aromatic carbocycles. The van der Waals surface area contributed by atoms with Gasteiger partial charge < -0.3 is 120 Å². The van der Waals surface area contributed by atoms with Crippen LogP contribution in [0.3, 0.4) is 0 Å². The summed E-state index contributed by atoms with van der Waals surface area (Å²) in [5.74, 6) is 0.950. The van der Waals surface area contributed by atoms with E-state index in [1.807, 2.05) is 13.8 Å². The van der Waals surface area contributed by atoms with Crippen LogP contribution in [0.4, 0.5) is 0 Å². The van der Waals surface area contributed by atoms with E-state index < -0.39 is 173 Å². The second-order valence-electron chi connectivity index (χ2n) is 23.7. The Morgan fingerprint density at radius 2 is 1.07 bits per heavy atom. The first kappa shape index (κ1) is 60.6. The number of allylic oxidation sites excluding steroid dienone is 1. The van der Waals surface area contributed by atoms with Crippen molar-refractivity contribution in [3.05, 3.63) is 22.8 Å². The molecule has 8 rings (SSSR count). The van der Waals surface area contributed by atoms with Gasteiger partial charge in [-0.2, -0.15) is 0 Å². The largest absolute Gasteiger partial charge is 0.394 e. The Morgan fingerprint density at radius 3 is 1.59 bits per heavy atom. The van der Waals surface area contributed by atoms with E-state index in [0.29, 0.717) is 18.8 Å². The highest BCUT2D eigenvalue weighted by Gasteiger charge is 2.62. The van der Waals surface area contributed by atoms with E-state index in [-0.39, 0.29) is 42.1 Å². The minimum absolute atomic E-state index is 0.0479. The molecule has 0 radical (unpaired) electrons. The van der Waals surface area contributed by atoms with Crippen LogP contribution in [0.15, 0.2) is 22.8 Å². The smallest absolute Gasteiger partial charge is 0.187 e. The van der Waals surface area contributed by atoms with Crippen molar-refractivity contribution in [3.63, 3.8) is 0 Å². The molecule has 438 valence electrons. The maximum atomic E-state index is 12.1. The summed E-state index contributed by atoms with van der Waals surface area (Å²) in [6.45, 7) is 7.93. The summed E-state index contributed by atoms with van der Waals surface area (Å²) in [5.41, 5.74) is 2.04. The molecule has 0 spiro atoms. The number of rotatable bonds is 17. The van der Waals surface area contributed by atoms with Crippen LogP contribution in [0.5, 0.6) is 0 Å². The fourth-order valence-electron chi connectivity index (χ4n) is 14.3. The Kier molecular flexibility index (Phi) is 19.6. The lowest BCUT2D eigenvalue weighted by molar-refractivity contribution is -0.337. The lowest BCUT2D eigenvalue weighted by atomic mass is 9.46. The zero-order valence-electron chi connectivity index (χ0n) is 43.9. The van der Waals surface area contributed by atoms with Gasteiger partial charge in [-0.1, -0.05) is 38.0 Å². The fourth-order valence-corrected chi connectivity index (χ4v) is 14.3.